The van der Waals surface area contributed by atoms with Crippen LogP contribution in [0.2, 0.25) is 0 Å². The van der Waals surface area contributed by atoms with Gasteiger partial charge in [0.05, 0.1) is 0 Å². The van der Waals surface area contributed by atoms with Gasteiger partial charge in [0.2, 0.25) is 0 Å². The van der Waals surface area contributed by atoms with Crippen LogP contribution in [0.25, 0.3) is 6.08 Å². The van der Waals surface area contributed by atoms with Gasteiger partial charge in [0.25, 0.3) is 0 Å². The van der Waals surface area contributed by atoms with Crippen LogP contribution in [0.4, 0.5) is 0 Å². The molecule has 0 fully saturated rings. The van der Waals surface area contributed by atoms with Gasteiger partial charge in [-0.2, -0.15) is 0 Å². The molecule has 0 aliphatic rings. The lowest BCUT2D eigenvalue weighted by molar-refractivity contribution is -0.133. The predicted molar refractivity (Wildman–Crippen MR) is 56.9 cm³/mol. The Hall–Kier alpha value is -1.57. The molecule has 74 valence electrons. The lowest BCUT2D eigenvalue weighted by Gasteiger charge is -2.05. The highest BCUT2D eigenvalue weighted by Crippen LogP contribution is 2.14. The van der Waals surface area contributed by atoms with Crippen LogP contribution in [0.3, 0.4) is 0 Å². The summed E-state index contributed by atoms with van der Waals surface area (Å²) >= 11 is 0. The summed E-state index contributed by atoms with van der Waals surface area (Å²) in [5, 5.41) is 8.94. The van der Waals surface area contributed by atoms with E-state index in [9.17, 15) is 4.79 Å². The van der Waals surface area contributed by atoms with Crippen molar-refractivity contribution in [2.75, 3.05) is 0 Å². The lowest BCUT2D eigenvalue weighted by atomic mass is 10.0. The van der Waals surface area contributed by atoms with Crippen LogP contribution in [-0.4, -0.2) is 11.1 Å². The van der Waals surface area contributed by atoms with Gasteiger partial charge in [0.1, 0.15) is 0 Å². The molecule has 0 atom stereocenters. The molecule has 1 N–H and O–H groups in total. The van der Waals surface area contributed by atoms with E-state index in [1.165, 1.54) is 0 Å². The van der Waals surface area contributed by atoms with Gasteiger partial charge in [-0.1, -0.05) is 44.2 Å². The summed E-state index contributed by atoms with van der Waals surface area (Å²) in [7, 11) is 0. The van der Waals surface area contributed by atoms with Crippen molar-refractivity contribution in [3.8, 4) is 0 Å². The highest BCUT2D eigenvalue weighted by Gasteiger charge is 2.10. The van der Waals surface area contributed by atoms with E-state index < -0.39 is 5.97 Å². The number of carboxylic acid groups (broad SMARTS) is 1. The zero-order valence-electron chi connectivity index (χ0n) is 8.40. The average Bonchev–Trinajstić information content (AvgIpc) is 2.15. The van der Waals surface area contributed by atoms with Gasteiger partial charge in [-0.3, -0.25) is 0 Å². The maximum Gasteiger partial charge on any atom is 0.331 e. The number of benzene rings is 1. The smallest absolute Gasteiger partial charge is 0.331 e. The summed E-state index contributed by atoms with van der Waals surface area (Å²) in [4.78, 5) is 10.9. The molecule has 0 spiro atoms. The van der Waals surface area contributed by atoms with E-state index in [-0.39, 0.29) is 5.92 Å². The number of hydrogen-bond acceptors (Lipinski definition) is 1. The number of carboxylic acids is 1. The number of hydrogen-bond donors (Lipinski definition) is 1. The first-order chi connectivity index (χ1) is 6.61. The van der Waals surface area contributed by atoms with Crippen LogP contribution in [0.15, 0.2) is 35.9 Å². The Morgan fingerprint density at radius 1 is 1.29 bits per heavy atom. The maximum atomic E-state index is 10.9. The molecule has 0 bridgehead atoms. The van der Waals surface area contributed by atoms with Crippen molar-refractivity contribution in [1.82, 2.24) is 0 Å². The van der Waals surface area contributed by atoms with Gasteiger partial charge in [-0.25, -0.2) is 4.79 Å². The van der Waals surface area contributed by atoms with E-state index in [1.807, 2.05) is 44.2 Å². The van der Waals surface area contributed by atoms with Crippen LogP contribution in [0.5, 0.6) is 0 Å². The van der Waals surface area contributed by atoms with E-state index in [0.29, 0.717) is 5.57 Å². The molecule has 0 aliphatic carbocycles. The molecule has 2 nitrogen and oxygen atoms in total. The Balaban J connectivity index is 3.00. The van der Waals surface area contributed by atoms with Crippen LogP contribution >= 0.6 is 0 Å². The van der Waals surface area contributed by atoms with Crippen LogP contribution < -0.4 is 0 Å². The fourth-order valence-corrected chi connectivity index (χ4v) is 1.20. The molecule has 0 unspecified atom stereocenters. The molecule has 0 radical (unpaired) electrons. The topological polar surface area (TPSA) is 37.3 Å². The molecule has 0 aromatic heterocycles. The second-order valence-corrected chi connectivity index (χ2v) is 3.47. The number of aliphatic carboxylic acids is 1. The molecule has 1 rings (SSSR count). The van der Waals surface area contributed by atoms with Gasteiger partial charge in [-0.15, -0.1) is 0 Å². The highest BCUT2D eigenvalue weighted by molar-refractivity contribution is 5.92. The molecule has 1 aromatic carbocycles. The van der Waals surface area contributed by atoms with Crippen molar-refractivity contribution < 1.29 is 9.90 Å². The second-order valence-electron chi connectivity index (χ2n) is 3.47. The minimum absolute atomic E-state index is 0.0349. The highest BCUT2D eigenvalue weighted by atomic mass is 16.4. The fraction of sp³-hybridized carbons (Fsp3) is 0.250. The summed E-state index contributed by atoms with van der Waals surface area (Å²) < 4.78 is 0. The van der Waals surface area contributed by atoms with E-state index in [2.05, 4.69) is 0 Å². The van der Waals surface area contributed by atoms with Crippen molar-refractivity contribution in [1.29, 1.82) is 0 Å². The molecule has 1 aromatic rings. The first-order valence-electron chi connectivity index (χ1n) is 4.61. The molecular weight excluding hydrogens is 176 g/mol. The Kier molecular flexibility index (Phi) is 3.46. The zero-order chi connectivity index (χ0) is 10.6. The minimum atomic E-state index is -0.844. The average molecular weight is 190 g/mol. The molecular formula is C12H14O2. The van der Waals surface area contributed by atoms with Crippen molar-refractivity contribution in [3.05, 3.63) is 41.5 Å². The minimum Gasteiger partial charge on any atom is -0.478 e. The third-order valence-electron chi connectivity index (χ3n) is 1.99. The van der Waals surface area contributed by atoms with Crippen LogP contribution in [0, 0.1) is 5.92 Å². The standard InChI is InChI=1S/C12H14O2/c1-9(2)11(12(13)14)8-10-6-4-3-5-7-10/h3-9H,1-2H3,(H,13,14)/b11-8+. The normalized spacial score (nSPS) is 11.8. The van der Waals surface area contributed by atoms with Crippen molar-refractivity contribution in [2.45, 2.75) is 13.8 Å². The Morgan fingerprint density at radius 3 is 2.29 bits per heavy atom. The van der Waals surface area contributed by atoms with E-state index >= 15 is 0 Å². The molecule has 14 heavy (non-hydrogen) atoms. The first-order valence-corrected chi connectivity index (χ1v) is 4.61. The van der Waals surface area contributed by atoms with Gasteiger partial charge < -0.3 is 5.11 Å². The SMILES string of the molecule is CC(C)/C(=C\c1ccccc1)C(=O)O. The molecule has 0 aliphatic heterocycles. The van der Waals surface area contributed by atoms with Crippen molar-refractivity contribution in [2.24, 2.45) is 5.92 Å². The van der Waals surface area contributed by atoms with Crippen LogP contribution in [0.1, 0.15) is 19.4 Å². The molecule has 0 saturated carbocycles. The predicted octanol–water partition coefficient (Wildman–Crippen LogP) is 2.81. The van der Waals surface area contributed by atoms with Crippen LogP contribution in [-0.2, 0) is 4.79 Å². The van der Waals surface area contributed by atoms with E-state index in [4.69, 9.17) is 5.11 Å². The fourth-order valence-electron chi connectivity index (χ4n) is 1.20. The van der Waals surface area contributed by atoms with E-state index in [1.54, 1.807) is 6.08 Å². The van der Waals surface area contributed by atoms with E-state index in [0.717, 1.165) is 5.56 Å². The maximum absolute atomic E-state index is 10.9. The van der Waals surface area contributed by atoms with Gasteiger partial charge in [0, 0.05) is 5.57 Å². The summed E-state index contributed by atoms with van der Waals surface area (Å²) in [5.74, 6) is -0.809. The summed E-state index contributed by atoms with van der Waals surface area (Å²) in [6.07, 6.45) is 1.72. The molecule has 0 saturated heterocycles. The third-order valence-corrected chi connectivity index (χ3v) is 1.99. The molecule has 0 amide bonds. The monoisotopic (exact) mass is 190 g/mol. The number of carbonyl (C=O) groups is 1. The second kappa shape index (κ2) is 4.61. The Labute approximate surface area is 83.9 Å². The van der Waals surface area contributed by atoms with Crippen molar-refractivity contribution >= 4 is 12.0 Å². The summed E-state index contributed by atoms with van der Waals surface area (Å²) in [5.41, 5.74) is 1.37. The Bertz CT molecular complexity index is 337. The first kappa shape index (κ1) is 10.5. The Morgan fingerprint density at radius 2 is 1.86 bits per heavy atom. The quantitative estimate of drug-likeness (QED) is 0.744. The van der Waals surface area contributed by atoms with Crippen molar-refractivity contribution in [3.63, 3.8) is 0 Å². The van der Waals surface area contributed by atoms with Gasteiger partial charge >= 0.3 is 5.97 Å². The molecule has 0 heterocycles. The lowest BCUT2D eigenvalue weighted by Crippen LogP contribution is -2.06. The summed E-state index contributed by atoms with van der Waals surface area (Å²) in [6.45, 7) is 3.76. The summed E-state index contributed by atoms with van der Waals surface area (Å²) in [6, 6.07) is 9.49. The molecule has 2 heteroatoms. The third kappa shape index (κ3) is 2.73. The largest absolute Gasteiger partial charge is 0.478 e. The zero-order valence-corrected chi connectivity index (χ0v) is 8.40. The van der Waals surface area contributed by atoms with Gasteiger partial charge in [-0.05, 0) is 17.6 Å². The van der Waals surface area contributed by atoms with Gasteiger partial charge in [0.15, 0.2) is 0 Å². The number of rotatable bonds is 3.